The van der Waals surface area contributed by atoms with E-state index in [1.807, 2.05) is 22.7 Å². The summed E-state index contributed by atoms with van der Waals surface area (Å²) in [6.45, 7) is 3.26. The smallest absolute Gasteiger partial charge is 0.233 e. The summed E-state index contributed by atoms with van der Waals surface area (Å²) >= 11 is 1.50. The maximum atomic E-state index is 12.7. The minimum absolute atomic E-state index is 0.189. The zero-order chi connectivity index (χ0) is 20.1. The van der Waals surface area contributed by atoms with Gasteiger partial charge < -0.3 is 9.47 Å². The van der Waals surface area contributed by atoms with E-state index >= 15 is 0 Å². The van der Waals surface area contributed by atoms with E-state index in [4.69, 9.17) is 0 Å². The lowest BCUT2D eigenvalue weighted by atomic mass is 9.96. The van der Waals surface area contributed by atoms with Crippen LogP contribution in [-0.2, 0) is 11.8 Å². The highest BCUT2D eigenvalue weighted by Gasteiger charge is 2.28. The van der Waals surface area contributed by atoms with Gasteiger partial charge in [-0.1, -0.05) is 72.4 Å². The molecule has 6 heteroatoms. The van der Waals surface area contributed by atoms with Crippen LogP contribution in [0.15, 0.2) is 78.2 Å². The lowest BCUT2D eigenvalue weighted by molar-refractivity contribution is -0.130. The number of nitrogens with zero attached hydrogens (tertiary/aromatic N) is 4. The predicted octanol–water partition coefficient (Wildman–Crippen LogP) is 3.45. The number of aryl methyl sites for hydroxylation is 1. The van der Waals surface area contributed by atoms with Gasteiger partial charge in [-0.15, -0.1) is 0 Å². The van der Waals surface area contributed by atoms with Crippen LogP contribution in [0.4, 0.5) is 0 Å². The number of benzene rings is 2. The van der Waals surface area contributed by atoms with Crippen LogP contribution < -0.4 is 0 Å². The molecule has 1 aliphatic heterocycles. The highest BCUT2D eigenvalue weighted by atomic mass is 32.2. The summed E-state index contributed by atoms with van der Waals surface area (Å²) in [5.41, 5.74) is 2.59. The van der Waals surface area contributed by atoms with Crippen molar-refractivity contribution < 1.29 is 4.79 Å². The van der Waals surface area contributed by atoms with Crippen molar-refractivity contribution in [2.75, 3.05) is 31.9 Å². The number of piperazine rings is 1. The van der Waals surface area contributed by atoms with Gasteiger partial charge in [-0.25, -0.2) is 4.98 Å². The Hall–Kier alpha value is -2.57. The lowest BCUT2D eigenvalue weighted by Crippen LogP contribution is -2.50. The van der Waals surface area contributed by atoms with Crippen LogP contribution in [0.1, 0.15) is 17.2 Å². The number of imidazole rings is 1. The topological polar surface area (TPSA) is 41.4 Å². The molecule has 29 heavy (non-hydrogen) atoms. The second kappa shape index (κ2) is 9.29. The van der Waals surface area contributed by atoms with Gasteiger partial charge in [0, 0.05) is 45.6 Å². The second-order valence-corrected chi connectivity index (χ2v) is 8.19. The summed E-state index contributed by atoms with van der Waals surface area (Å²) in [6.07, 6.45) is 3.66. The number of carbonyl (C=O) groups excluding carboxylic acids is 1. The molecule has 0 spiro atoms. The van der Waals surface area contributed by atoms with Crippen molar-refractivity contribution in [3.05, 3.63) is 84.2 Å². The average Bonchev–Trinajstić information content (AvgIpc) is 3.19. The maximum absolute atomic E-state index is 12.7. The first kappa shape index (κ1) is 19.7. The van der Waals surface area contributed by atoms with Crippen molar-refractivity contribution >= 4 is 17.7 Å². The van der Waals surface area contributed by atoms with Crippen LogP contribution in [0.5, 0.6) is 0 Å². The van der Waals surface area contributed by atoms with Crippen molar-refractivity contribution in [3.63, 3.8) is 0 Å². The molecule has 1 amide bonds. The van der Waals surface area contributed by atoms with E-state index < -0.39 is 0 Å². The molecule has 1 aliphatic rings. The van der Waals surface area contributed by atoms with Crippen molar-refractivity contribution in [1.82, 2.24) is 19.4 Å². The Morgan fingerprint density at radius 3 is 2.07 bits per heavy atom. The third-order valence-electron chi connectivity index (χ3n) is 5.36. The largest absolute Gasteiger partial charge is 0.339 e. The van der Waals surface area contributed by atoms with E-state index in [0.717, 1.165) is 31.3 Å². The summed E-state index contributed by atoms with van der Waals surface area (Å²) in [6, 6.07) is 21.5. The molecule has 0 aliphatic carbocycles. The second-order valence-electron chi connectivity index (χ2n) is 7.25. The predicted molar refractivity (Wildman–Crippen MR) is 117 cm³/mol. The average molecular weight is 407 g/mol. The highest BCUT2D eigenvalue weighted by Crippen LogP contribution is 2.29. The molecule has 1 saturated heterocycles. The standard InChI is InChI=1S/C23H26N4OS/c1-25-13-12-24-23(25)29-18-21(28)26-14-16-27(17-15-26)22(19-8-4-2-5-9-19)20-10-6-3-7-11-20/h2-13,22H,14-18H2,1H3. The molecule has 0 unspecified atom stereocenters. The zero-order valence-corrected chi connectivity index (χ0v) is 17.5. The fraction of sp³-hybridized carbons (Fsp3) is 0.304. The van der Waals surface area contributed by atoms with E-state index in [0.29, 0.717) is 5.75 Å². The Balaban J connectivity index is 1.40. The Morgan fingerprint density at radius 2 is 1.55 bits per heavy atom. The molecule has 2 heterocycles. The van der Waals surface area contributed by atoms with Gasteiger partial charge >= 0.3 is 0 Å². The fourth-order valence-electron chi connectivity index (χ4n) is 3.82. The molecule has 0 saturated carbocycles. The number of hydrogen-bond donors (Lipinski definition) is 0. The number of thioether (sulfide) groups is 1. The van der Waals surface area contributed by atoms with Gasteiger partial charge in [0.05, 0.1) is 11.8 Å². The number of aromatic nitrogens is 2. The SMILES string of the molecule is Cn1ccnc1SCC(=O)N1CCN(C(c2ccccc2)c2ccccc2)CC1. The molecule has 2 aromatic carbocycles. The van der Waals surface area contributed by atoms with Crippen LogP contribution in [-0.4, -0.2) is 57.2 Å². The van der Waals surface area contributed by atoms with Gasteiger partial charge in [0.1, 0.15) is 0 Å². The third-order valence-corrected chi connectivity index (χ3v) is 6.41. The molecular formula is C23H26N4OS. The molecule has 4 rings (SSSR count). The Bertz CT molecular complexity index is 881. The molecular weight excluding hydrogens is 380 g/mol. The molecule has 150 valence electrons. The van der Waals surface area contributed by atoms with Crippen LogP contribution in [0.25, 0.3) is 0 Å². The fourth-order valence-corrected chi connectivity index (χ4v) is 4.66. The van der Waals surface area contributed by atoms with Crippen molar-refractivity contribution in [3.8, 4) is 0 Å². The van der Waals surface area contributed by atoms with Gasteiger partial charge in [-0.2, -0.15) is 0 Å². The minimum atomic E-state index is 0.189. The summed E-state index contributed by atoms with van der Waals surface area (Å²) < 4.78 is 1.94. The summed E-state index contributed by atoms with van der Waals surface area (Å²) in [7, 11) is 1.95. The van der Waals surface area contributed by atoms with Crippen molar-refractivity contribution in [2.24, 2.45) is 7.05 Å². The normalized spacial score (nSPS) is 15.0. The van der Waals surface area contributed by atoms with Crippen molar-refractivity contribution in [2.45, 2.75) is 11.2 Å². The van der Waals surface area contributed by atoms with E-state index in [-0.39, 0.29) is 11.9 Å². The van der Waals surface area contributed by atoms with E-state index in [1.165, 1.54) is 22.9 Å². The Labute approximate surface area is 176 Å². The summed E-state index contributed by atoms with van der Waals surface area (Å²) in [5, 5.41) is 0.880. The summed E-state index contributed by atoms with van der Waals surface area (Å²) in [5.74, 6) is 0.625. The van der Waals surface area contributed by atoms with E-state index in [2.05, 4.69) is 70.5 Å². The molecule has 1 aromatic heterocycles. The number of rotatable bonds is 6. The first-order valence-electron chi connectivity index (χ1n) is 9.94. The van der Waals surface area contributed by atoms with E-state index in [9.17, 15) is 4.79 Å². The van der Waals surface area contributed by atoms with Crippen LogP contribution >= 0.6 is 11.8 Å². The first-order valence-corrected chi connectivity index (χ1v) is 10.9. The molecule has 1 fully saturated rings. The van der Waals surface area contributed by atoms with Crippen molar-refractivity contribution in [1.29, 1.82) is 0 Å². The quantitative estimate of drug-likeness (QED) is 0.588. The highest BCUT2D eigenvalue weighted by molar-refractivity contribution is 7.99. The van der Waals surface area contributed by atoms with Crippen LogP contribution in [0.3, 0.4) is 0 Å². The van der Waals surface area contributed by atoms with Gasteiger partial charge in [-0.3, -0.25) is 9.69 Å². The monoisotopic (exact) mass is 406 g/mol. The first-order chi connectivity index (χ1) is 14.2. The molecule has 5 nitrogen and oxygen atoms in total. The molecule has 3 aromatic rings. The maximum Gasteiger partial charge on any atom is 0.233 e. The molecule has 0 N–H and O–H groups in total. The van der Waals surface area contributed by atoms with Gasteiger partial charge in [0.15, 0.2) is 5.16 Å². The minimum Gasteiger partial charge on any atom is -0.339 e. The third kappa shape index (κ3) is 4.71. The van der Waals surface area contributed by atoms with Gasteiger partial charge in [0.25, 0.3) is 0 Å². The molecule has 0 bridgehead atoms. The number of amides is 1. The van der Waals surface area contributed by atoms with Gasteiger partial charge in [0.2, 0.25) is 5.91 Å². The number of carbonyl (C=O) groups is 1. The molecule has 0 radical (unpaired) electrons. The Morgan fingerprint density at radius 1 is 0.966 bits per heavy atom. The van der Waals surface area contributed by atoms with Gasteiger partial charge in [-0.05, 0) is 11.1 Å². The van der Waals surface area contributed by atoms with Crippen LogP contribution in [0.2, 0.25) is 0 Å². The Kier molecular flexibility index (Phi) is 6.32. The zero-order valence-electron chi connectivity index (χ0n) is 16.6. The molecule has 0 atom stereocenters. The summed E-state index contributed by atoms with van der Waals surface area (Å²) in [4.78, 5) is 21.4. The van der Waals surface area contributed by atoms with Crippen LogP contribution in [0, 0.1) is 0 Å². The number of hydrogen-bond acceptors (Lipinski definition) is 4. The lowest BCUT2D eigenvalue weighted by Gasteiger charge is -2.39. The van der Waals surface area contributed by atoms with E-state index in [1.54, 1.807) is 6.20 Å².